The van der Waals surface area contributed by atoms with Crippen molar-refractivity contribution in [3.05, 3.63) is 47.1 Å². The molecule has 0 unspecified atom stereocenters. The van der Waals surface area contributed by atoms with Gasteiger partial charge in [0, 0.05) is 18.1 Å². The van der Waals surface area contributed by atoms with Crippen molar-refractivity contribution in [2.24, 2.45) is 11.8 Å². The number of nitrogens with zero attached hydrogens (tertiary/aromatic N) is 2. The molecule has 1 aromatic carbocycles. The number of aliphatic hydroxyl groups is 1. The molecule has 7 nitrogen and oxygen atoms in total. The van der Waals surface area contributed by atoms with Gasteiger partial charge < -0.3 is 19.0 Å². The van der Waals surface area contributed by atoms with E-state index in [1.807, 2.05) is 12.1 Å². The van der Waals surface area contributed by atoms with Gasteiger partial charge in [-0.3, -0.25) is 4.90 Å². The molecular weight excluding hydrogens is 384 g/mol. The average molecular weight is 407 g/mol. The van der Waals surface area contributed by atoms with Crippen molar-refractivity contribution in [2.45, 2.75) is 31.6 Å². The summed E-state index contributed by atoms with van der Waals surface area (Å²) < 4.78 is 16.1. The lowest BCUT2D eigenvalue weighted by Crippen LogP contribution is -2.42. The van der Waals surface area contributed by atoms with Gasteiger partial charge in [-0.25, -0.2) is 9.78 Å². The van der Waals surface area contributed by atoms with Gasteiger partial charge in [-0.15, -0.1) is 0 Å². The minimum absolute atomic E-state index is 0.180. The maximum atomic E-state index is 11.5. The summed E-state index contributed by atoms with van der Waals surface area (Å²) in [6.45, 7) is 2.27. The van der Waals surface area contributed by atoms with E-state index in [4.69, 9.17) is 20.8 Å². The average Bonchev–Trinajstić information content (AvgIpc) is 3.28. The number of aromatic nitrogens is 1. The van der Waals surface area contributed by atoms with Crippen LogP contribution in [0.3, 0.4) is 0 Å². The molecular formula is C20H23ClN2O5. The molecule has 28 heavy (non-hydrogen) atoms. The molecule has 1 N–H and O–H groups in total. The highest BCUT2D eigenvalue weighted by atomic mass is 35.5. The summed E-state index contributed by atoms with van der Waals surface area (Å²) >= 11 is 6.02. The predicted molar refractivity (Wildman–Crippen MR) is 101 cm³/mol. The van der Waals surface area contributed by atoms with Crippen LogP contribution in [0.15, 0.2) is 34.9 Å². The lowest BCUT2D eigenvalue weighted by atomic mass is 9.78. The quantitative estimate of drug-likeness (QED) is 0.764. The molecule has 4 atom stereocenters. The van der Waals surface area contributed by atoms with Crippen molar-refractivity contribution < 1.29 is 23.8 Å². The normalized spacial score (nSPS) is 27.4. The van der Waals surface area contributed by atoms with Crippen molar-refractivity contribution in [1.29, 1.82) is 0 Å². The number of benzene rings is 1. The van der Waals surface area contributed by atoms with Crippen LogP contribution < -0.4 is 4.74 Å². The van der Waals surface area contributed by atoms with E-state index in [2.05, 4.69) is 14.6 Å². The number of oxazole rings is 1. The fourth-order valence-corrected chi connectivity index (χ4v) is 4.41. The van der Waals surface area contributed by atoms with Crippen LogP contribution in [0.4, 0.5) is 0 Å². The third-order valence-electron chi connectivity index (χ3n) is 5.55. The highest BCUT2D eigenvalue weighted by Gasteiger charge is 2.42. The number of likely N-dealkylation sites (tertiary alicyclic amines) is 1. The summed E-state index contributed by atoms with van der Waals surface area (Å²) in [7, 11) is 1.31. The second kappa shape index (κ2) is 8.11. The molecule has 150 valence electrons. The van der Waals surface area contributed by atoms with E-state index in [0.717, 1.165) is 19.5 Å². The summed E-state index contributed by atoms with van der Waals surface area (Å²) in [5.74, 6) is 1.51. The van der Waals surface area contributed by atoms with E-state index in [0.29, 0.717) is 41.5 Å². The summed E-state index contributed by atoms with van der Waals surface area (Å²) in [4.78, 5) is 17.9. The Balaban J connectivity index is 1.36. The van der Waals surface area contributed by atoms with Crippen molar-refractivity contribution in [3.8, 4) is 5.75 Å². The Morgan fingerprint density at radius 3 is 2.89 bits per heavy atom. The molecule has 0 spiro atoms. The van der Waals surface area contributed by atoms with E-state index < -0.39 is 12.1 Å². The summed E-state index contributed by atoms with van der Waals surface area (Å²) in [6, 6.07) is 7.26. The van der Waals surface area contributed by atoms with Gasteiger partial charge in [0.15, 0.2) is 5.69 Å². The van der Waals surface area contributed by atoms with Crippen molar-refractivity contribution in [2.75, 3.05) is 20.2 Å². The lowest BCUT2D eigenvalue weighted by molar-refractivity contribution is -0.0231. The third kappa shape index (κ3) is 4.16. The smallest absolute Gasteiger partial charge is 0.360 e. The molecule has 0 amide bonds. The zero-order chi connectivity index (χ0) is 19.7. The van der Waals surface area contributed by atoms with Crippen LogP contribution in [0, 0.1) is 11.8 Å². The van der Waals surface area contributed by atoms with Crippen LogP contribution in [0.25, 0.3) is 0 Å². The van der Waals surface area contributed by atoms with E-state index in [-0.39, 0.29) is 11.8 Å². The number of rotatable bonds is 5. The van der Waals surface area contributed by atoms with E-state index in [1.165, 1.54) is 13.4 Å². The van der Waals surface area contributed by atoms with E-state index in [9.17, 15) is 9.90 Å². The Hall–Kier alpha value is -2.09. The topological polar surface area (TPSA) is 85.0 Å². The number of carbonyl (C=O) groups excluding carboxylic acids is 1. The Labute approximate surface area is 168 Å². The van der Waals surface area contributed by atoms with Crippen molar-refractivity contribution >= 4 is 17.6 Å². The second-order valence-corrected chi connectivity index (χ2v) is 7.92. The number of methoxy groups -OCH3 is 1. The lowest BCUT2D eigenvalue weighted by Gasteiger charge is -2.35. The van der Waals surface area contributed by atoms with Gasteiger partial charge in [0.1, 0.15) is 18.1 Å². The number of esters is 1. The zero-order valence-electron chi connectivity index (χ0n) is 15.6. The van der Waals surface area contributed by atoms with Gasteiger partial charge in [-0.1, -0.05) is 17.7 Å². The molecule has 8 heteroatoms. The molecule has 1 saturated heterocycles. The number of fused-ring (bicyclic) bond motifs is 1. The van der Waals surface area contributed by atoms with Crippen LogP contribution in [-0.2, 0) is 11.3 Å². The summed E-state index contributed by atoms with van der Waals surface area (Å²) in [5.41, 5.74) is 0.180. The van der Waals surface area contributed by atoms with Gasteiger partial charge in [0.2, 0.25) is 5.89 Å². The van der Waals surface area contributed by atoms with Gasteiger partial charge in [0.05, 0.1) is 19.8 Å². The monoisotopic (exact) mass is 406 g/mol. The number of ether oxygens (including phenoxy) is 2. The molecule has 1 aliphatic carbocycles. The third-order valence-corrected chi connectivity index (χ3v) is 5.78. The molecule has 2 heterocycles. The molecule has 4 rings (SSSR count). The number of hydrogen-bond acceptors (Lipinski definition) is 7. The Morgan fingerprint density at radius 1 is 1.36 bits per heavy atom. The van der Waals surface area contributed by atoms with Gasteiger partial charge in [-0.05, 0) is 42.9 Å². The van der Waals surface area contributed by atoms with E-state index in [1.54, 1.807) is 12.1 Å². The molecule has 0 bridgehead atoms. The first-order valence-corrected chi connectivity index (χ1v) is 9.75. The first-order valence-electron chi connectivity index (χ1n) is 9.37. The van der Waals surface area contributed by atoms with Gasteiger partial charge in [-0.2, -0.15) is 0 Å². The Kier molecular flexibility index (Phi) is 5.57. The summed E-state index contributed by atoms with van der Waals surface area (Å²) in [6.07, 6.45) is 2.06. The van der Waals surface area contributed by atoms with Crippen LogP contribution in [0.5, 0.6) is 5.75 Å². The predicted octanol–water partition coefficient (Wildman–Crippen LogP) is 2.76. The largest absolute Gasteiger partial charge is 0.488 e. The first kappa shape index (κ1) is 19.2. The highest BCUT2D eigenvalue weighted by molar-refractivity contribution is 6.30. The fourth-order valence-electron chi connectivity index (χ4n) is 4.23. The van der Waals surface area contributed by atoms with Gasteiger partial charge >= 0.3 is 5.97 Å². The molecule has 1 aliphatic heterocycles. The van der Waals surface area contributed by atoms with Gasteiger partial charge in [0.25, 0.3) is 0 Å². The minimum atomic E-state index is -0.507. The number of hydrogen-bond donors (Lipinski definition) is 1. The van der Waals surface area contributed by atoms with Crippen LogP contribution in [-0.4, -0.2) is 53.4 Å². The molecule has 0 radical (unpaired) electrons. The highest BCUT2D eigenvalue weighted by Crippen LogP contribution is 2.38. The molecule has 2 aromatic rings. The molecule has 1 aromatic heterocycles. The minimum Gasteiger partial charge on any atom is -0.488 e. The van der Waals surface area contributed by atoms with E-state index >= 15 is 0 Å². The second-order valence-electron chi connectivity index (χ2n) is 7.48. The first-order chi connectivity index (χ1) is 13.5. The summed E-state index contributed by atoms with van der Waals surface area (Å²) in [5, 5.41) is 11.2. The number of carbonyl (C=O) groups is 1. The molecule has 2 fully saturated rings. The van der Waals surface area contributed by atoms with Crippen molar-refractivity contribution in [3.63, 3.8) is 0 Å². The number of aliphatic hydroxyl groups excluding tert-OH is 1. The standard InChI is InChI=1S/C20H23ClN2O5/c1-26-20(25)16-11-27-19(22-16)10-23-8-12-5-17(24)18(6-13(12)9-23)28-15-4-2-3-14(21)7-15/h2-4,7,11-13,17-18,24H,5-6,8-10H2,1H3/t12-,13+,17+,18+/m0/s1. The van der Waals surface area contributed by atoms with Crippen LogP contribution in [0.2, 0.25) is 5.02 Å². The molecule has 1 saturated carbocycles. The SMILES string of the molecule is COC(=O)c1coc(CN2C[C@H]3C[C@@H](Oc4cccc(Cl)c4)[C@H](O)C[C@H]3C2)n1. The number of halogens is 1. The Morgan fingerprint density at radius 2 is 2.14 bits per heavy atom. The van der Waals surface area contributed by atoms with Crippen LogP contribution >= 0.6 is 11.6 Å². The maximum Gasteiger partial charge on any atom is 0.360 e. The molecule has 2 aliphatic rings. The van der Waals surface area contributed by atoms with Crippen molar-refractivity contribution in [1.82, 2.24) is 9.88 Å². The Bertz CT molecular complexity index is 842. The zero-order valence-corrected chi connectivity index (χ0v) is 16.3. The maximum absolute atomic E-state index is 11.5. The fraction of sp³-hybridized carbons (Fsp3) is 0.500. The van der Waals surface area contributed by atoms with Crippen LogP contribution in [0.1, 0.15) is 29.2 Å².